The van der Waals surface area contributed by atoms with Crippen LogP contribution in [0.15, 0.2) is 66.0 Å². The van der Waals surface area contributed by atoms with Gasteiger partial charge >= 0.3 is 6.18 Å². The van der Waals surface area contributed by atoms with Crippen LogP contribution in [0.5, 0.6) is 0 Å². The van der Waals surface area contributed by atoms with E-state index in [1.54, 1.807) is 17.4 Å². The lowest BCUT2D eigenvalue weighted by Gasteiger charge is -2.38. The van der Waals surface area contributed by atoms with E-state index in [2.05, 4.69) is 16.8 Å². The van der Waals surface area contributed by atoms with E-state index in [0.717, 1.165) is 36.1 Å². The summed E-state index contributed by atoms with van der Waals surface area (Å²) < 4.78 is 39.1. The monoisotopic (exact) mass is 512 g/mol. The van der Waals surface area contributed by atoms with Gasteiger partial charge in [0.25, 0.3) is 0 Å². The van der Waals surface area contributed by atoms with E-state index in [4.69, 9.17) is 0 Å². The van der Waals surface area contributed by atoms with Gasteiger partial charge in [0.05, 0.1) is 11.6 Å². The highest BCUT2D eigenvalue weighted by molar-refractivity contribution is 7.10. The Bertz CT molecular complexity index is 1240. The van der Waals surface area contributed by atoms with Crippen molar-refractivity contribution in [3.05, 3.63) is 93.2 Å². The van der Waals surface area contributed by atoms with E-state index in [-0.39, 0.29) is 24.4 Å². The van der Waals surface area contributed by atoms with E-state index >= 15 is 0 Å². The molecule has 0 radical (unpaired) electrons. The number of carbonyl (C=O) groups is 2. The highest BCUT2D eigenvalue weighted by Gasteiger charge is 2.43. The number of hydrogen-bond donors (Lipinski definition) is 1. The van der Waals surface area contributed by atoms with Crippen LogP contribution in [-0.2, 0) is 28.7 Å². The smallest absolute Gasteiger partial charge is 0.352 e. The molecule has 0 spiro atoms. The summed E-state index contributed by atoms with van der Waals surface area (Å²) in [4.78, 5) is 30.2. The molecule has 4 nitrogen and oxygen atoms in total. The highest BCUT2D eigenvalue weighted by Crippen LogP contribution is 2.41. The molecular formula is C28H27F3N2O2S. The third kappa shape index (κ3) is 4.91. The van der Waals surface area contributed by atoms with Crippen LogP contribution in [0.4, 0.5) is 13.2 Å². The highest BCUT2D eigenvalue weighted by atomic mass is 32.1. The molecular weight excluding hydrogens is 485 g/mol. The van der Waals surface area contributed by atoms with Gasteiger partial charge in [0.15, 0.2) is 0 Å². The second kappa shape index (κ2) is 10.1. The third-order valence-corrected chi connectivity index (χ3v) is 8.25. The summed E-state index contributed by atoms with van der Waals surface area (Å²) in [6, 6.07) is 16.8. The first kappa shape index (κ1) is 24.6. The molecule has 0 bridgehead atoms. The van der Waals surface area contributed by atoms with Crippen molar-refractivity contribution in [1.82, 2.24) is 10.2 Å². The minimum Gasteiger partial charge on any atom is -0.352 e. The number of fused-ring (bicyclic) bond motifs is 1. The van der Waals surface area contributed by atoms with E-state index in [1.807, 2.05) is 35.2 Å². The van der Waals surface area contributed by atoms with Crippen molar-refractivity contribution in [3.8, 4) is 0 Å². The lowest BCUT2D eigenvalue weighted by molar-refractivity contribution is -0.142. The molecule has 1 fully saturated rings. The van der Waals surface area contributed by atoms with Gasteiger partial charge in [0, 0.05) is 29.8 Å². The molecule has 2 amide bonds. The quantitative estimate of drug-likeness (QED) is 0.458. The van der Waals surface area contributed by atoms with Crippen molar-refractivity contribution in [3.63, 3.8) is 0 Å². The average Bonchev–Trinajstić information content (AvgIpc) is 3.56. The number of nitrogens with zero attached hydrogens (tertiary/aromatic N) is 1. The zero-order valence-electron chi connectivity index (χ0n) is 19.6. The Hall–Kier alpha value is -3.13. The summed E-state index contributed by atoms with van der Waals surface area (Å²) in [6.07, 6.45) is -1.64. The maximum Gasteiger partial charge on any atom is 0.416 e. The molecule has 1 aliphatic heterocycles. The van der Waals surface area contributed by atoms with E-state index in [0.29, 0.717) is 24.9 Å². The van der Waals surface area contributed by atoms with E-state index < -0.39 is 23.6 Å². The molecule has 3 aromatic rings. The molecule has 188 valence electrons. The number of nitrogens with one attached hydrogen (secondary N) is 1. The zero-order valence-corrected chi connectivity index (χ0v) is 20.4. The van der Waals surface area contributed by atoms with Crippen LogP contribution in [0.1, 0.15) is 52.4 Å². The Balaban J connectivity index is 1.32. The molecule has 2 aliphatic rings. The molecule has 1 saturated carbocycles. The molecule has 1 aliphatic carbocycles. The number of halogens is 3. The first-order valence-electron chi connectivity index (χ1n) is 12.2. The molecule has 5 rings (SSSR count). The number of alkyl halides is 3. The lowest BCUT2D eigenvalue weighted by Crippen LogP contribution is -2.46. The minimum atomic E-state index is -4.44. The fourth-order valence-corrected chi connectivity index (χ4v) is 6.41. The van der Waals surface area contributed by atoms with Gasteiger partial charge in [-0.05, 0) is 59.5 Å². The van der Waals surface area contributed by atoms with Gasteiger partial charge in [0.2, 0.25) is 11.8 Å². The van der Waals surface area contributed by atoms with Crippen LogP contribution in [0, 0.1) is 11.8 Å². The number of rotatable bonds is 5. The summed E-state index contributed by atoms with van der Waals surface area (Å²) in [5, 5.41) is 4.85. The maximum atomic E-state index is 13.9. The summed E-state index contributed by atoms with van der Waals surface area (Å²) in [5.41, 5.74) is 1.83. The number of thiophene rings is 1. The van der Waals surface area contributed by atoms with Crippen molar-refractivity contribution >= 4 is 23.2 Å². The van der Waals surface area contributed by atoms with Crippen LogP contribution >= 0.6 is 11.3 Å². The standard InChI is InChI=1S/C28H27F3N2O2S/c29-28(30,31)20-9-4-6-18(16-20)17-32-26(34)21-10-5-11-22(21)27(35)33-14-12-24-23(13-15-36-24)25(33)19-7-2-1-3-8-19/h1-4,6-9,13,15-16,21-22,25H,5,10-12,14,17H2,(H,32,34)/t21-,22+,25?/m0/s1. The number of amides is 2. The van der Waals surface area contributed by atoms with E-state index in [9.17, 15) is 22.8 Å². The van der Waals surface area contributed by atoms with Crippen LogP contribution in [0.25, 0.3) is 0 Å². The number of benzene rings is 2. The van der Waals surface area contributed by atoms with Gasteiger partial charge in [-0.3, -0.25) is 9.59 Å². The van der Waals surface area contributed by atoms with Crippen LogP contribution < -0.4 is 5.32 Å². The summed E-state index contributed by atoms with van der Waals surface area (Å²) in [7, 11) is 0. The average molecular weight is 513 g/mol. The Morgan fingerprint density at radius 2 is 1.78 bits per heavy atom. The van der Waals surface area contributed by atoms with Gasteiger partial charge in [0.1, 0.15) is 0 Å². The maximum absolute atomic E-state index is 13.9. The molecule has 2 aromatic carbocycles. The van der Waals surface area contributed by atoms with Gasteiger partial charge in [-0.15, -0.1) is 11.3 Å². The predicted molar refractivity (Wildman–Crippen MR) is 132 cm³/mol. The van der Waals surface area contributed by atoms with Crippen LogP contribution in [-0.4, -0.2) is 23.3 Å². The summed E-state index contributed by atoms with van der Waals surface area (Å²) in [6.45, 7) is 0.593. The Labute approximate surface area is 212 Å². The molecule has 3 atom stereocenters. The van der Waals surface area contributed by atoms with Crippen molar-refractivity contribution < 1.29 is 22.8 Å². The van der Waals surface area contributed by atoms with Crippen LogP contribution in [0.2, 0.25) is 0 Å². The Morgan fingerprint density at radius 3 is 2.56 bits per heavy atom. The molecule has 1 unspecified atom stereocenters. The van der Waals surface area contributed by atoms with Crippen molar-refractivity contribution in [1.29, 1.82) is 0 Å². The molecule has 1 aromatic heterocycles. The summed E-state index contributed by atoms with van der Waals surface area (Å²) >= 11 is 1.71. The number of hydrogen-bond acceptors (Lipinski definition) is 3. The Kier molecular flexibility index (Phi) is 6.88. The fourth-order valence-electron chi connectivity index (χ4n) is 5.51. The van der Waals surface area contributed by atoms with Crippen molar-refractivity contribution in [2.45, 2.75) is 44.4 Å². The van der Waals surface area contributed by atoms with Crippen molar-refractivity contribution in [2.75, 3.05) is 6.54 Å². The summed E-state index contributed by atoms with van der Waals surface area (Å²) in [5.74, 6) is -1.20. The van der Waals surface area contributed by atoms with Gasteiger partial charge in [-0.1, -0.05) is 48.9 Å². The molecule has 1 N–H and O–H groups in total. The first-order chi connectivity index (χ1) is 17.3. The Morgan fingerprint density at radius 1 is 1.00 bits per heavy atom. The van der Waals surface area contributed by atoms with Gasteiger partial charge in [-0.2, -0.15) is 13.2 Å². The largest absolute Gasteiger partial charge is 0.416 e. The number of carbonyl (C=O) groups excluding carboxylic acids is 2. The molecule has 36 heavy (non-hydrogen) atoms. The SMILES string of the molecule is O=C(NCc1cccc(C(F)(F)F)c1)[C@H]1CCC[C@H]1C(=O)N1CCc2sccc2C1c1ccccc1. The second-order valence-electron chi connectivity index (χ2n) is 9.45. The van der Waals surface area contributed by atoms with Gasteiger partial charge in [-0.25, -0.2) is 0 Å². The normalized spacial score (nSPS) is 21.8. The minimum absolute atomic E-state index is 0.00518. The van der Waals surface area contributed by atoms with Crippen LogP contribution in [0.3, 0.4) is 0 Å². The second-order valence-corrected chi connectivity index (χ2v) is 10.5. The topological polar surface area (TPSA) is 49.4 Å². The molecule has 2 heterocycles. The third-order valence-electron chi connectivity index (χ3n) is 7.26. The molecule has 0 saturated heterocycles. The van der Waals surface area contributed by atoms with Gasteiger partial charge < -0.3 is 10.2 Å². The molecule has 8 heteroatoms. The zero-order chi connectivity index (χ0) is 25.3. The predicted octanol–water partition coefficient (Wildman–Crippen LogP) is 5.97. The van der Waals surface area contributed by atoms with Crippen molar-refractivity contribution in [2.24, 2.45) is 11.8 Å². The first-order valence-corrected chi connectivity index (χ1v) is 13.1. The van der Waals surface area contributed by atoms with E-state index in [1.165, 1.54) is 10.9 Å². The lowest BCUT2D eigenvalue weighted by atomic mass is 9.88. The fraction of sp³-hybridized carbons (Fsp3) is 0.357.